The first-order valence-electron chi connectivity index (χ1n) is 10.2. The highest BCUT2D eigenvalue weighted by Crippen LogP contribution is 2.28. The van der Waals surface area contributed by atoms with Crippen molar-refractivity contribution in [3.05, 3.63) is 34.7 Å². The molecule has 0 saturated carbocycles. The molecule has 1 N–H and O–H groups in total. The van der Waals surface area contributed by atoms with Crippen molar-refractivity contribution in [3.63, 3.8) is 0 Å². The number of aryl methyl sites for hydroxylation is 1. The number of anilines is 1. The average molecular weight is 436 g/mol. The van der Waals surface area contributed by atoms with E-state index in [9.17, 15) is 14.4 Å². The molecule has 2 aromatic rings. The van der Waals surface area contributed by atoms with Gasteiger partial charge in [0.1, 0.15) is 4.88 Å². The lowest BCUT2D eigenvalue weighted by Gasteiger charge is -2.20. The molecule has 0 radical (unpaired) electrons. The van der Waals surface area contributed by atoms with Crippen LogP contribution in [0.5, 0.6) is 0 Å². The summed E-state index contributed by atoms with van der Waals surface area (Å²) in [5.74, 6) is -0.558. The Hall–Kier alpha value is -2.68. The highest BCUT2D eigenvalue weighted by atomic mass is 32.1. The Morgan fingerprint density at radius 1 is 1.23 bits per heavy atom. The van der Waals surface area contributed by atoms with Gasteiger partial charge in [0.25, 0.3) is 5.91 Å². The van der Waals surface area contributed by atoms with E-state index in [0.717, 1.165) is 19.3 Å². The van der Waals surface area contributed by atoms with E-state index in [2.05, 4.69) is 17.2 Å². The second-order valence-electron chi connectivity index (χ2n) is 6.72. The molecule has 2 amide bonds. The Balaban J connectivity index is 1.97. The van der Waals surface area contributed by atoms with E-state index in [4.69, 9.17) is 9.15 Å². The van der Waals surface area contributed by atoms with E-state index < -0.39 is 5.97 Å². The van der Waals surface area contributed by atoms with E-state index in [1.54, 1.807) is 30.9 Å². The fourth-order valence-corrected chi connectivity index (χ4v) is 3.81. The third-order valence-electron chi connectivity index (χ3n) is 4.36. The van der Waals surface area contributed by atoms with Crippen LogP contribution in [0.3, 0.4) is 0 Å². The number of nitrogens with one attached hydrogen (secondary N) is 1. The van der Waals surface area contributed by atoms with Crippen molar-refractivity contribution in [1.82, 2.24) is 10.3 Å². The molecule has 0 aliphatic carbocycles. The molecule has 0 aliphatic heterocycles. The summed E-state index contributed by atoms with van der Waals surface area (Å²) in [6.45, 7) is 6.78. The standard InChI is InChI=1S/C21H29N3O5S/c1-4-6-7-13-24(21-23-15(3)18(30-21)20(27)28-5-2)17(25)11-8-12-22-19(26)16-10-9-14-29-16/h9-10,14H,4-8,11-13H2,1-3H3,(H,22,26). The fourth-order valence-electron chi connectivity index (χ4n) is 2.80. The second kappa shape index (κ2) is 12.1. The lowest BCUT2D eigenvalue weighted by molar-refractivity contribution is -0.118. The number of rotatable bonds is 12. The van der Waals surface area contributed by atoms with Crippen LogP contribution in [0.2, 0.25) is 0 Å². The lowest BCUT2D eigenvalue weighted by atomic mass is 10.2. The molecule has 2 heterocycles. The summed E-state index contributed by atoms with van der Waals surface area (Å²) >= 11 is 1.18. The molecule has 9 heteroatoms. The summed E-state index contributed by atoms with van der Waals surface area (Å²) in [6, 6.07) is 3.23. The van der Waals surface area contributed by atoms with Crippen molar-refractivity contribution < 1.29 is 23.5 Å². The predicted octanol–water partition coefficient (Wildman–Crippen LogP) is 3.95. The molecule has 0 bridgehead atoms. The number of ether oxygens (including phenoxy) is 1. The molecule has 0 aromatic carbocycles. The van der Waals surface area contributed by atoms with Crippen LogP contribution in [0.1, 0.15) is 71.9 Å². The van der Waals surface area contributed by atoms with Crippen LogP contribution < -0.4 is 10.2 Å². The second-order valence-corrected chi connectivity index (χ2v) is 7.70. The van der Waals surface area contributed by atoms with Crippen LogP contribution in [0.25, 0.3) is 0 Å². The maximum Gasteiger partial charge on any atom is 0.350 e. The van der Waals surface area contributed by atoms with Gasteiger partial charge in [0.15, 0.2) is 10.9 Å². The van der Waals surface area contributed by atoms with E-state index in [0.29, 0.717) is 35.2 Å². The predicted molar refractivity (Wildman–Crippen MR) is 115 cm³/mol. The van der Waals surface area contributed by atoms with Crippen LogP contribution in [0.15, 0.2) is 22.8 Å². The Labute approximate surface area is 180 Å². The summed E-state index contributed by atoms with van der Waals surface area (Å²) in [5.41, 5.74) is 0.562. The normalized spacial score (nSPS) is 10.6. The number of amides is 2. The van der Waals surface area contributed by atoms with Gasteiger partial charge in [0.05, 0.1) is 18.6 Å². The van der Waals surface area contributed by atoms with Gasteiger partial charge in [-0.1, -0.05) is 31.1 Å². The molecular formula is C21H29N3O5S. The molecule has 2 rings (SSSR count). The topological polar surface area (TPSA) is 102 Å². The Morgan fingerprint density at radius 3 is 2.70 bits per heavy atom. The quantitative estimate of drug-likeness (QED) is 0.400. The third-order valence-corrected chi connectivity index (χ3v) is 5.52. The van der Waals surface area contributed by atoms with Gasteiger partial charge in [-0.3, -0.25) is 14.5 Å². The lowest BCUT2D eigenvalue weighted by Crippen LogP contribution is -2.33. The van der Waals surface area contributed by atoms with Crippen molar-refractivity contribution in [1.29, 1.82) is 0 Å². The van der Waals surface area contributed by atoms with E-state index in [-0.39, 0.29) is 30.6 Å². The van der Waals surface area contributed by atoms with E-state index in [1.807, 2.05) is 0 Å². The number of hydrogen-bond acceptors (Lipinski definition) is 7. The molecule has 2 aromatic heterocycles. The molecular weight excluding hydrogens is 406 g/mol. The number of esters is 1. The van der Waals surface area contributed by atoms with Gasteiger partial charge in [0.2, 0.25) is 5.91 Å². The maximum atomic E-state index is 12.9. The third kappa shape index (κ3) is 6.69. The number of thiazole rings is 1. The van der Waals surface area contributed by atoms with Gasteiger partial charge < -0.3 is 14.5 Å². The first-order valence-corrected chi connectivity index (χ1v) is 11.1. The van der Waals surface area contributed by atoms with Crippen LogP contribution in [0, 0.1) is 6.92 Å². The van der Waals surface area contributed by atoms with E-state index in [1.165, 1.54) is 17.6 Å². The number of carbonyl (C=O) groups excluding carboxylic acids is 3. The van der Waals surface area contributed by atoms with Gasteiger partial charge in [-0.15, -0.1) is 0 Å². The molecule has 0 aliphatic rings. The van der Waals surface area contributed by atoms with Crippen LogP contribution in [-0.4, -0.2) is 42.5 Å². The molecule has 0 unspecified atom stereocenters. The molecule has 30 heavy (non-hydrogen) atoms. The smallest absolute Gasteiger partial charge is 0.350 e. The summed E-state index contributed by atoms with van der Waals surface area (Å²) < 4.78 is 10.1. The summed E-state index contributed by atoms with van der Waals surface area (Å²) in [4.78, 5) is 43.4. The van der Waals surface area contributed by atoms with Crippen LogP contribution in [0.4, 0.5) is 5.13 Å². The number of hydrogen-bond donors (Lipinski definition) is 1. The van der Waals surface area contributed by atoms with Gasteiger partial charge in [0, 0.05) is 19.5 Å². The minimum absolute atomic E-state index is 0.0810. The number of carbonyl (C=O) groups is 3. The summed E-state index contributed by atoms with van der Waals surface area (Å²) in [7, 11) is 0. The monoisotopic (exact) mass is 435 g/mol. The van der Waals surface area contributed by atoms with Crippen molar-refractivity contribution >= 4 is 34.3 Å². The Bertz CT molecular complexity index is 832. The largest absolute Gasteiger partial charge is 0.462 e. The van der Waals surface area contributed by atoms with Crippen molar-refractivity contribution in [2.75, 3.05) is 24.6 Å². The van der Waals surface area contributed by atoms with E-state index >= 15 is 0 Å². The summed E-state index contributed by atoms with van der Waals surface area (Å²) in [6.07, 6.45) is 5.07. The van der Waals surface area contributed by atoms with Gasteiger partial charge in [-0.2, -0.15) is 0 Å². The number of unbranched alkanes of at least 4 members (excludes halogenated alkanes) is 2. The molecule has 0 spiro atoms. The first kappa shape index (κ1) is 23.6. The Morgan fingerprint density at radius 2 is 2.03 bits per heavy atom. The molecule has 0 atom stereocenters. The number of nitrogens with zero attached hydrogens (tertiary/aromatic N) is 2. The molecule has 0 fully saturated rings. The molecule has 164 valence electrons. The highest BCUT2D eigenvalue weighted by molar-refractivity contribution is 7.17. The minimum Gasteiger partial charge on any atom is -0.462 e. The van der Waals surface area contributed by atoms with Crippen molar-refractivity contribution in [2.45, 2.75) is 52.9 Å². The van der Waals surface area contributed by atoms with Crippen molar-refractivity contribution in [3.8, 4) is 0 Å². The van der Waals surface area contributed by atoms with Gasteiger partial charge in [-0.05, 0) is 38.8 Å². The number of furan rings is 1. The molecule has 8 nitrogen and oxygen atoms in total. The van der Waals surface area contributed by atoms with Crippen LogP contribution >= 0.6 is 11.3 Å². The van der Waals surface area contributed by atoms with Crippen LogP contribution in [-0.2, 0) is 9.53 Å². The fraction of sp³-hybridized carbons (Fsp3) is 0.524. The minimum atomic E-state index is -0.416. The Kier molecular flexibility index (Phi) is 9.53. The highest BCUT2D eigenvalue weighted by Gasteiger charge is 2.23. The van der Waals surface area contributed by atoms with Gasteiger partial charge >= 0.3 is 5.97 Å². The van der Waals surface area contributed by atoms with Crippen molar-refractivity contribution in [2.24, 2.45) is 0 Å². The van der Waals surface area contributed by atoms with Gasteiger partial charge in [-0.25, -0.2) is 9.78 Å². The summed E-state index contributed by atoms with van der Waals surface area (Å²) in [5, 5.41) is 3.25. The first-order chi connectivity index (χ1) is 14.5. The maximum absolute atomic E-state index is 12.9. The molecule has 0 saturated heterocycles. The zero-order chi connectivity index (χ0) is 21.9. The zero-order valence-electron chi connectivity index (χ0n) is 17.7. The SMILES string of the molecule is CCCCCN(C(=O)CCCNC(=O)c1ccco1)c1nc(C)c(C(=O)OCC)s1. The number of aromatic nitrogens is 1. The zero-order valence-corrected chi connectivity index (χ0v) is 18.5. The average Bonchev–Trinajstić information content (AvgIpc) is 3.38.